The Labute approximate surface area is 179 Å². The number of aromatic nitrogens is 1. The van der Waals surface area contributed by atoms with E-state index in [0.29, 0.717) is 35.2 Å². The highest BCUT2D eigenvalue weighted by molar-refractivity contribution is 6.07. The average molecular weight is 426 g/mol. The van der Waals surface area contributed by atoms with E-state index in [9.17, 15) is 18.7 Å². The van der Waals surface area contributed by atoms with Crippen molar-refractivity contribution >= 4 is 16.8 Å². The molecule has 0 saturated heterocycles. The Morgan fingerprint density at radius 1 is 1.10 bits per heavy atom. The van der Waals surface area contributed by atoms with E-state index in [1.54, 1.807) is 24.3 Å². The first-order valence-corrected chi connectivity index (χ1v) is 10.4. The Hall–Kier alpha value is -3.06. The van der Waals surface area contributed by atoms with E-state index in [1.165, 1.54) is 24.4 Å². The van der Waals surface area contributed by atoms with Crippen molar-refractivity contribution in [3.05, 3.63) is 71.4 Å². The number of fused-ring (bicyclic) bond motifs is 1. The largest absolute Gasteiger partial charge is 0.486 e. The Balaban J connectivity index is 1.50. The van der Waals surface area contributed by atoms with Crippen molar-refractivity contribution in [3.8, 4) is 5.75 Å². The summed E-state index contributed by atoms with van der Waals surface area (Å²) in [5, 5.41) is 13.9. The third-order valence-corrected chi connectivity index (χ3v) is 5.82. The second-order valence-electron chi connectivity index (χ2n) is 7.94. The summed E-state index contributed by atoms with van der Waals surface area (Å²) in [6.07, 6.45) is 5.58. The summed E-state index contributed by atoms with van der Waals surface area (Å²) in [6, 6.07) is 10.4. The molecule has 7 heteroatoms. The molecule has 0 atom stereocenters. The summed E-state index contributed by atoms with van der Waals surface area (Å²) in [6.45, 7) is 0.0796. The first-order valence-electron chi connectivity index (χ1n) is 10.4. The quantitative estimate of drug-likeness (QED) is 0.583. The molecule has 3 aromatic rings. The molecule has 0 radical (unpaired) electrons. The van der Waals surface area contributed by atoms with Crippen molar-refractivity contribution in [1.82, 2.24) is 10.3 Å². The Morgan fingerprint density at radius 2 is 1.81 bits per heavy atom. The maximum atomic E-state index is 13.9. The van der Waals surface area contributed by atoms with Crippen LogP contribution in [0.1, 0.15) is 48.0 Å². The number of benzene rings is 2. The van der Waals surface area contributed by atoms with Crippen LogP contribution in [0.3, 0.4) is 0 Å². The normalized spacial score (nSPS) is 15.2. The van der Waals surface area contributed by atoms with Crippen LogP contribution in [0.15, 0.2) is 48.7 Å². The van der Waals surface area contributed by atoms with Crippen molar-refractivity contribution in [2.24, 2.45) is 0 Å². The van der Waals surface area contributed by atoms with Crippen LogP contribution in [0.25, 0.3) is 10.9 Å². The predicted molar refractivity (Wildman–Crippen MR) is 113 cm³/mol. The van der Waals surface area contributed by atoms with E-state index in [0.717, 1.165) is 25.7 Å². The van der Waals surface area contributed by atoms with Gasteiger partial charge >= 0.3 is 0 Å². The zero-order valence-corrected chi connectivity index (χ0v) is 17.0. The molecule has 0 bridgehead atoms. The van der Waals surface area contributed by atoms with Crippen molar-refractivity contribution in [2.75, 3.05) is 6.54 Å². The van der Waals surface area contributed by atoms with Gasteiger partial charge in [-0.2, -0.15) is 0 Å². The van der Waals surface area contributed by atoms with Gasteiger partial charge in [0.2, 0.25) is 0 Å². The van der Waals surface area contributed by atoms with E-state index in [4.69, 9.17) is 4.74 Å². The number of rotatable bonds is 7. The zero-order chi connectivity index (χ0) is 21.8. The summed E-state index contributed by atoms with van der Waals surface area (Å²) < 4.78 is 33.4. The number of ether oxygens (including phenoxy) is 1. The molecule has 162 valence electrons. The second-order valence-corrected chi connectivity index (χ2v) is 7.94. The number of pyridine rings is 1. The van der Waals surface area contributed by atoms with Gasteiger partial charge in [0.25, 0.3) is 5.91 Å². The lowest BCUT2D eigenvalue weighted by atomic mass is 9.98. The van der Waals surface area contributed by atoms with Crippen molar-refractivity contribution in [2.45, 2.75) is 44.3 Å². The molecule has 2 N–H and O–H groups in total. The molecule has 1 fully saturated rings. The van der Waals surface area contributed by atoms with Crippen LogP contribution in [-0.2, 0) is 6.61 Å². The molecule has 31 heavy (non-hydrogen) atoms. The number of carbonyl (C=O) groups is 1. The van der Waals surface area contributed by atoms with Crippen LogP contribution < -0.4 is 10.1 Å². The van der Waals surface area contributed by atoms with Gasteiger partial charge in [0, 0.05) is 18.1 Å². The van der Waals surface area contributed by atoms with E-state index in [2.05, 4.69) is 10.3 Å². The number of para-hydroxylation sites is 1. The molecule has 0 unspecified atom stereocenters. The minimum atomic E-state index is -0.684. The molecule has 1 heterocycles. The summed E-state index contributed by atoms with van der Waals surface area (Å²) in [7, 11) is 0. The van der Waals surface area contributed by atoms with Crippen LogP contribution >= 0.6 is 0 Å². The van der Waals surface area contributed by atoms with Crippen LogP contribution in [0.5, 0.6) is 5.75 Å². The standard InChI is InChI=1S/C24H24F2N2O3/c25-19-6-4-7-20(26)18(19)15-31-21-8-3-5-16-17(9-13-27-22(16)21)23(29)28-14-12-24(30)10-1-2-11-24/h3-9,13,30H,1-2,10-12,14-15H2,(H,28,29). The SMILES string of the molecule is O=C(NCCC1(O)CCCC1)c1ccnc2c(OCc3c(F)cccc3F)cccc12. The van der Waals surface area contributed by atoms with Crippen LogP contribution in [0, 0.1) is 11.6 Å². The molecule has 1 aliphatic rings. The van der Waals surface area contributed by atoms with Gasteiger partial charge in [0.15, 0.2) is 0 Å². The summed E-state index contributed by atoms with van der Waals surface area (Å²) in [4.78, 5) is 17.1. The lowest BCUT2D eigenvalue weighted by Gasteiger charge is -2.22. The Morgan fingerprint density at radius 3 is 2.55 bits per heavy atom. The molecule has 4 rings (SSSR count). The van der Waals surface area contributed by atoms with E-state index in [1.807, 2.05) is 0 Å². The van der Waals surface area contributed by atoms with Gasteiger partial charge in [-0.15, -0.1) is 0 Å². The third-order valence-electron chi connectivity index (χ3n) is 5.82. The molecular weight excluding hydrogens is 402 g/mol. The predicted octanol–water partition coefficient (Wildman–Crippen LogP) is 4.52. The number of hydrogen-bond donors (Lipinski definition) is 2. The number of halogens is 2. The maximum Gasteiger partial charge on any atom is 0.252 e. The Bertz CT molecular complexity index is 1080. The molecule has 0 aliphatic heterocycles. The molecule has 2 aromatic carbocycles. The van der Waals surface area contributed by atoms with E-state index < -0.39 is 17.2 Å². The van der Waals surface area contributed by atoms with Crippen LogP contribution in [0.4, 0.5) is 8.78 Å². The topological polar surface area (TPSA) is 71.5 Å². The lowest BCUT2D eigenvalue weighted by molar-refractivity contribution is 0.0389. The molecule has 5 nitrogen and oxygen atoms in total. The monoisotopic (exact) mass is 426 g/mol. The summed E-state index contributed by atoms with van der Waals surface area (Å²) >= 11 is 0. The van der Waals surface area contributed by atoms with Gasteiger partial charge in [-0.3, -0.25) is 9.78 Å². The van der Waals surface area contributed by atoms with Crippen molar-refractivity contribution in [3.63, 3.8) is 0 Å². The second kappa shape index (κ2) is 8.98. The molecule has 1 saturated carbocycles. The Kier molecular flexibility index (Phi) is 6.13. The molecule has 1 aliphatic carbocycles. The summed E-state index contributed by atoms with van der Waals surface area (Å²) in [5.41, 5.74) is 0.00171. The first kappa shape index (κ1) is 21.2. The highest BCUT2D eigenvalue weighted by atomic mass is 19.1. The number of amides is 1. The van der Waals surface area contributed by atoms with Crippen molar-refractivity contribution < 1.29 is 23.4 Å². The number of aliphatic hydroxyl groups is 1. The van der Waals surface area contributed by atoms with E-state index in [-0.39, 0.29) is 18.1 Å². The minimum Gasteiger partial charge on any atom is -0.486 e. The number of nitrogens with zero attached hydrogens (tertiary/aromatic N) is 1. The van der Waals surface area contributed by atoms with Gasteiger partial charge in [0.1, 0.15) is 29.5 Å². The molecule has 1 aromatic heterocycles. The van der Waals surface area contributed by atoms with Crippen molar-refractivity contribution in [1.29, 1.82) is 0 Å². The molecule has 0 spiro atoms. The highest BCUT2D eigenvalue weighted by Crippen LogP contribution is 2.32. The van der Waals surface area contributed by atoms with Gasteiger partial charge in [-0.05, 0) is 43.5 Å². The van der Waals surface area contributed by atoms with Gasteiger partial charge in [0.05, 0.1) is 16.7 Å². The van der Waals surface area contributed by atoms with E-state index >= 15 is 0 Å². The minimum absolute atomic E-state index is 0.168. The van der Waals surface area contributed by atoms with Crippen LogP contribution in [-0.4, -0.2) is 28.1 Å². The van der Waals surface area contributed by atoms with Crippen LogP contribution in [0.2, 0.25) is 0 Å². The maximum absolute atomic E-state index is 13.9. The van der Waals surface area contributed by atoms with Gasteiger partial charge in [-0.25, -0.2) is 8.78 Å². The fourth-order valence-corrected chi connectivity index (χ4v) is 4.07. The lowest BCUT2D eigenvalue weighted by Crippen LogP contribution is -2.33. The summed E-state index contributed by atoms with van der Waals surface area (Å²) in [5.74, 6) is -1.31. The number of nitrogens with one attached hydrogen (secondary N) is 1. The number of hydrogen-bond acceptors (Lipinski definition) is 4. The third kappa shape index (κ3) is 4.66. The first-order chi connectivity index (χ1) is 15.0. The van der Waals surface area contributed by atoms with Gasteiger partial charge in [-0.1, -0.05) is 31.0 Å². The highest BCUT2D eigenvalue weighted by Gasteiger charge is 2.30. The fraction of sp³-hybridized carbons (Fsp3) is 0.333. The van der Waals surface area contributed by atoms with Gasteiger partial charge < -0.3 is 15.2 Å². The molecule has 1 amide bonds. The fourth-order valence-electron chi connectivity index (χ4n) is 4.07. The number of carbonyl (C=O) groups excluding carboxylic acids is 1. The molecular formula is C24H24F2N2O3. The zero-order valence-electron chi connectivity index (χ0n) is 17.0. The smallest absolute Gasteiger partial charge is 0.252 e. The average Bonchev–Trinajstić information content (AvgIpc) is 3.19.